The number of likely N-dealkylation sites (tertiary alicyclic amines) is 1. The number of nitrogens with one attached hydrogen (secondary N) is 3. The number of carbonyl (C=O) groups excluding carboxylic acids is 2. The van der Waals surface area contributed by atoms with Gasteiger partial charge in [0.1, 0.15) is 12.1 Å². The number of hydrazine groups is 2. The Morgan fingerprint density at radius 2 is 1.92 bits per heavy atom. The molecule has 1 saturated carbocycles. The average molecular weight is 505 g/mol. The zero-order valence-electron chi connectivity index (χ0n) is 22.1. The minimum Gasteiger partial charge on any atom is -0.391 e. The SMILES string of the molecule is CNC(=O)[C@@H]1C[C@@H](O)CN1C(=O)[C@@H](N1NNC(c2cnc(F)c(C)c2)C12CCCCCC2)C(C)(C)C. The number of likely N-dealkylation sites (N-methyl/N-ethyl adjacent to an activating group) is 1. The highest BCUT2D eigenvalue weighted by Gasteiger charge is 2.57. The van der Waals surface area contributed by atoms with E-state index in [1.54, 1.807) is 25.1 Å². The topological polar surface area (TPSA) is 110 Å². The van der Waals surface area contributed by atoms with Crippen molar-refractivity contribution in [3.63, 3.8) is 0 Å². The molecule has 36 heavy (non-hydrogen) atoms. The number of hydrogen-bond donors (Lipinski definition) is 4. The minimum absolute atomic E-state index is 0.127. The molecule has 1 aromatic rings. The Labute approximate surface area is 213 Å². The van der Waals surface area contributed by atoms with Crippen LogP contribution in [0.4, 0.5) is 4.39 Å². The predicted octanol–water partition coefficient (Wildman–Crippen LogP) is 2.11. The first-order chi connectivity index (χ1) is 17.0. The van der Waals surface area contributed by atoms with Crippen LogP contribution in [-0.2, 0) is 9.59 Å². The maximum Gasteiger partial charge on any atom is 0.242 e. The fraction of sp³-hybridized carbons (Fsp3) is 0.731. The van der Waals surface area contributed by atoms with Crippen LogP contribution < -0.4 is 16.3 Å². The number of hydrogen-bond acceptors (Lipinski definition) is 7. The van der Waals surface area contributed by atoms with E-state index in [0.29, 0.717) is 5.56 Å². The van der Waals surface area contributed by atoms with E-state index in [2.05, 4.69) is 26.3 Å². The van der Waals surface area contributed by atoms with Crippen molar-refractivity contribution in [1.29, 1.82) is 0 Å². The molecule has 1 unspecified atom stereocenters. The Kier molecular flexibility index (Phi) is 7.71. The number of amides is 2. The van der Waals surface area contributed by atoms with Gasteiger partial charge in [-0.1, -0.05) is 46.5 Å². The summed E-state index contributed by atoms with van der Waals surface area (Å²) in [5.74, 6) is -0.929. The lowest BCUT2D eigenvalue weighted by Crippen LogP contribution is -2.65. The monoisotopic (exact) mass is 504 g/mol. The molecule has 3 aliphatic rings. The van der Waals surface area contributed by atoms with Crippen molar-refractivity contribution in [2.24, 2.45) is 5.41 Å². The summed E-state index contributed by atoms with van der Waals surface area (Å²) in [7, 11) is 1.55. The second-order valence-electron chi connectivity index (χ2n) is 11.7. The average Bonchev–Trinajstić information content (AvgIpc) is 3.27. The highest BCUT2D eigenvalue weighted by Crippen LogP contribution is 2.47. The first-order valence-electron chi connectivity index (χ1n) is 13.1. The van der Waals surface area contributed by atoms with Crippen molar-refractivity contribution in [3.05, 3.63) is 29.3 Å². The van der Waals surface area contributed by atoms with Crippen LogP contribution in [0, 0.1) is 18.3 Å². The number of carbonyl (C=O) groups is 2. The van der Waals surface area contributed by atoms with Gasteiger partial charge in [-0.15, -0.1) is 0 Å². The molecule has 10 heteroatoms. The summed E-state index contributed by atoms with van der Waals surface area (Å²) in [5, 5.41) is 15.1. The van der Waals surface area contributed by atoms with Crippen molar-refractivity contribution in [2.75, 3.05) is 13.6 Å². The maximum atomic E-state index is 14.3. The first kappa shape index (κ1) is 26.9. The highest BCUT2D eigenvalue weighted by molar-refractivity contribution is 5.91. The van der Waals surface area contributed by atoms with E-state index in [9.17, 15) is 19.1 Å². The summed E-state index contributed by atoms with van der Waals surface area (Å²) >= 11 is 0. The Bertz CT molecular complexity index is 975. The molecule has 9 nitrogen and oxygen atoms in total. The Morgan fingerprint density at radius 1 is 1.25 bits per heavy atom. The molecule has 1 aliphatic carbocycles. The molecule has 0 aromatic carbocycles. The van der Waals surface area contributed by atoms with Crippen molar-refractivity contribution < 1.29 is 19.1 Å². The lowest BCUT2D eigenvalue weighted by molar-refractivity contribution is -0.151. The van der Waals surface area contributed by atoms with Gasteiger partial charge in [0.15, 0.2) is 0 Å². The summed E-state index contributed by atoms with van der Waals surface area (Å²) in [6.45, 7) is 7.92. The Morgan fingerprint density at radius 3 is 2.50 bits per heavy atom. The number of aliphatic hydroxyl groups excluding tert-OH is 1. The van der Waals surface area contributed by atoms with Crippen molar-refractivity contribution in [2.45, 2.75) is 102 Å². The fourth-order valence-corrected chi connectivity index (χ4v) is 6.34. The molecular weight excluding hydrogens is 463 g/mol. The van der Waals surface area contributed by atoms with Gasteiger partial charge in [0.2, 0.25) is 17.8 Å². The van der Waals surface area contributed by atoms with E-state index in [1.807, 2.05) is 26.8 Å². The fourth-order valence-electron chi connectivity index (χ4n) is 6.34. The molecular formula is C26H41FN6O3. The zero-order valence-corrected chi connectivity index (χ0v) is 22.1. The smallest absolute Gasteiger partial charge is 0.242 e. The van der Waals surface area contributed by atoms with Gasteiger partial charge in [0.25, 0.3) is 0 Å². The molecule has 4 N–H and O–H groups in total. The number of pyridine rings is 1. The number of aromatic nitrogens is 1. The summed E-state index contributed by atoms with van der Waals surface area (Å²) in [4.78, 5) is 32.4. The molecule has 200 valence electrons. The normalized spacial score (nSPS) is 27.8. The minimum atomic E-state index is -0.741. The Balaban J connectivity index is 1.76. The van der Waals surface area contributed by atoms with E-state index in [0.717, 1.165) is 44.1 Å². The van der Waals surface area contributed by atoms with E-state index in [-0.39, 0.29) is 30.8 Å². The summed E-state index contributed by atoms with van der Waals surface area (Å²) in [5.41, 5.74) is 7.21. The molecule has 2 saturated heterocycles. The van der Waals surface area contributed by atoms with Crippen molar-refractivity contribution in [3.8, 4) is 0 Å². The lowest BCUT2D eigenvalue weighted by atomic mass is 9.76. The van der Waals surface area contributed by atoms with Crippen LogP contribution in [0.5, 0.6) is 0 Å². The number of halogens is 1. The number of nitrogens with zero attached hydrogens (tertiary/aromatic N) is 3. The molecule has 0 bridgehead atoms. The first-order valence-corrected chi connectivity index (χ1v) is 13.1. The van der Waals surface area contributed by atoms with Gasteiger partial charge in [0, 0.05) is 31.8 Å². The third kappa shape index (κ3) is 4.88. The van der Waals surface area contributed by atoms with E-state index >= 15 is 0 Å². The molecule has 2 amide bonds. The van der Waals surface area contributed by atoms with Crippen molar-refractivity contribution >= 4 is 11.8 Å². The van der Waals surface area contributed by atoms with Gasteiger partial charge < -0.3 is 15.3 Å². The molecule has 1 aromatic heterocycles. The summed E-state index contributed by atoms with van der Waals surface area (Å²) < 4.78 is 14.0. The van der Waals surface area contributed by atoms with E-state index in [4.69, 9.17) is 0 Å². The standard InChI is InChI=1S/C26H41FN6O3/c1-16-12-17(14-29-22(16)27)20-26(10-8-6-7-9-11-26)33(31-30-20)21(25(2,3)4)24(36)32-15-18(34)13-19(32)23(35)28-5/h12,14,18-21,30-31,34H,6-11,13,15H2,1-5H3,(H,28,35)/t18-,19+,20?,21-/m1/s1. The quantitative estimate of drug-likeness (QED) is 0.465. The lowest BCUT2D eigenvalue weighted by Gasteiger charge is -2.48. The Hall–Kier alpha value is -2.14. The van der Waals surface area contributed by atoms with Gasteiger partial charge in [-0.05, 0) is 36.8 Å². The number of aliphatic hydroxyl groups is 1. The molecule has 0 radical (unpaired) electrons. The second kappa shape index (κ2) is 10.3. The third-order valence-electron chi connectivity index (χ3n) is 8.11. The third-order valence-corrected chi connectivity index (χ3v) is 8.11. The number of aryl methyl sites for hydroxylation is 1. The molecule has 3 heterocycles. The molecule has 4 rings (SSSR count). The van der Waals surface area contributed by atoms with Crippen LogP contribution in [0.1, 0.15) is 82.9 Å². The molecule has 4 atom stereocenters. The number of β-amino-alcohol motifs (C(OH)–C–C–N with tert-alkyl or cyclic N) is 1. The van der Waals surface area contributed by atoms with Crippen LogP contribution in [0.2, 0.25) is 0 Å². The van der Waals surface area contributed by atoms with Gasteiger partial charge >= 0.3 is 0 Å². The van der Waals surface area contributed by atoms with Crippen LogP contribution in [0.25, 0.3) is 0 Å². The predicted molar refractivity (Wildman–Crippen MR) is 134 cm³/mol. The summed E-state index contributed by atoms with van der Waals surface area (Å²) in [6.07, 6.45) is 7.05. The van der Waals surface area contributed by atoms with Gasteiger partial charge in [-0.3, -0.25) is 9.59 Å². The molecule has 3 fully saturated rings. The van der Waals surface area contributed by atoms with Gasteiger partial charge in [-0.2, -0.15) is 9.93 Å². The van der Waals surface area contributed by atoms with Crippen LogP contribution in [0.3, 0.4) is 0 Å². The van der Waals surface area contributed by atoms with Crippen LogP contribution >= 0.6 is 0 Å². The van der Waals surface area contributed by atoms with Gasteiger partial charge in [-0.25, -0.2) is 15.4 Å². The van der Waals surface area contributed by atoms with E-state index in [1.165, 1.54) is 0 Å². The zero-order chi connectivity index (χ0) is 26.3. The largest absolute Gasteiger partial charge is 0.391 e. The number of rotatable bonds is 4. The molecule has 1 spiro atoms. The van der Waals surface area contributed by atoms with E-state index < -0.39 is 35.1 Å². The van der Waals surface area contributed by atoms with Gasteiger partial charge in [0.05, 0.1) is 17.7 Å². The van der Waals surface area contributed by atoms with Crippen LogP contribution in [-0.4, -0.2) is 69.1 Å². The van der Waals surface area contributed by atoms with Crippen LogP contribution in [0.15, 0.2) is 12.3 Å². The summed E-state index contributed by atoms with van der Waals surface area (Å²) in [6, 6.07) is 0.325. The van der Waals surface area contributed by atoms with Crippen molar-refractivity contribution in [1.82, 2.24) is 31.2 Å². The second-order valence-corrected chi connectivity index (χ2v) is 11.7. The molecule has 2 aliphatic heterocycles. The maximum absolute atomic E-state index is 14.3. The highest BCUT2D eigenvalue weighted by atomic mass is 19.1.